The van der Waals surface area contributed by atoms with Crippen molar-refractivity contribution in [3.8, 4) is 0 Å². The van der Waals surface area contributed by atoms with Crippen molar-refractivity contribution in [2.75, 3.05) is 25.0 Å². The van der Waals surface area contributed by atoms with Crippen LogP contribution in [0.2, 0.25) is 0 Å². The molecule has 0 aromatic carbocycles. The first-order valence-corrected chi connectivity index (χ1v) is 5.75. The highest BCUT2D eigenvalue weighted by Gasteiger charge is 2.09. The van der Waals surface area contributed by atoms with E-state index < -0.39 is 0 Å². The third-order valence-electron chi connectivity index (χ3n) is 2.37. The second kappa shape index (κ2) is 6.85. The van der Waals surface area contributed by atoms with Gasteiger partial charge in [0.1, 0.15) is 0 Å². The Hall–Kier alpha value is -1.63. The van der Waals surface area contributed by atoms with Crippen LogP contribution in [0.15, 0.2) is 4.42 Å². The number of rotatable bonds is 7. The second-order valence-electron chi connectivity index (χ2n) is 3.45. The summed E-state index contributed by atoms with van der Waals surface area (Å²) in [6.45, 7) is 6.07. The van der Waals surface area contributed by atoms with Crippen molar-refractivity contribution >= 4 is 11.9 Å². The molecule has 0 bridgehead atoms. The summed E-state index contributed by atoms with van der Waals surface area (Å²) in [6.07, 6.45) is 0.405. The molecule has 1 aromatic rings. The summed E-state index contributed by atoms with van der Waals surface area (Å²) in [6, 6.07) is 0.304. The Morgan fingerprint density at radius 1 is 1.41 bits per heavy atom. The van der Waals surface area contributed by atoms with E-state index in [1.54, 1.807) is 4.90 Å². The van der Waals surface area contributed by atoms with Gasteiger partial charge >= 0.3 is 6.01 Å². The number of amides is 1. The Balaban J connectivity index is 2.29. The molecule has 0 saturated heterocycles. The fraction of sp³-hybridized carbons (Fsp3) is 0.700. The molecule has 0 radical (unpaired) electrons. The van der Waals surface area contributed by atoms with Gasteiger partial charge in [-0.1, -0.05) is 5.10 Å². The van der Waals surface area contributed by atoms with E-state index in [1.165, 1.54) is 0 Å². The topological polar surface area (TPSA) is 97.3 Å². The van der Waals surface area contributed by atoms with E-state index in [0.717, 1.165) is 13.1 Å². The number of hydrogen-bond donors (Lipinski definition) is 2. The molecular weight excluding hydrogens is 222 g/mol. The molecule has 96 valence electrons. The summed E-state index contributed by atoms with van der Waals surface area (Å²) in [7, 11) is 0. The van der Waals surface area contributed by atoms with Crippen molar-refractivity contribution in [1.29, 1.82) is 0 Å². The molecule has 7 nitrogen and oxygen atoms in total. The van der Waals surface area contributed by atoms with Crippen LogP contribution in [0.1, 0.15) is 26.2 Å². The van der Waals surface area contributed by atoms with Gasteiger partial charge in [-0.15, -0.1) is 5.10 Å². The smallest absolute Gasteiger partial charge is 0.315 e. The molecular formula is C10H19N5O2. The van der Waals surface area contributed by atoms with E-state index in [4.69, 9.17) is 10.2 Å². The lowest BCUT2D eigenvalue weighted by Gasteiger charge is -2.18. The van der Waals surface area contributed by atoms with Gasteiger partial charge in [0.25, 0.3) is 0 Å². The normalized spacial score (nSPS) is 10.3. The predicted octanol–water partition coefficient (Wildman–Crippen LogP) is 0.199. The minimum absolute atomic E-state index is 0.112. The molecule has 0 unspecified atom stereocenters. The lowest BCUT2D eigenvalue weighted by atomic mass is 10.3. The van der Waals surface area contributed by atoms with E-state index in [1.807, 2.05) is 13.8 Å². The standard InChI is InChI=1S/C10H19N5O2/c1-3-15(4-2)9(16)5-6-12-10-14-13-8(7-11)17-10/h3-7,11H2,1-2H3,(H,12,14). The number of carbonyl (C=O) groups excluding carboxylic acids is 1. The monoisotopic (exact) mass is 241 g/mol. The average molecular weight is 241 g/mol. The highest BCUT2D eigenvalue weighted by molar-refractivity contribution is 5.76. The molecule has 3 N–H and O–H groups in total. The third kappa shape index (κ3) is 4.03. The summed E-state index contributed by atoms with van der Waals surface area (Å²) < 4.78 is 5.14. The van der Waals surface area contributed by atoms with E-state index in [2.05, 4.69) is 15.5 Å². The van der Waals surface area contributed by atoms with Gasteiger partial charge in [-0.3, -0.25) is 4.79 Å². The van der Waals surface area contributed by atoms with Crippen LogP contribution in [-0.2, 0) is 11.3 Å². The van der Waals surface area contributed by atoms with Crippen molar-refractivity contribution in [1.82, 2.24) is 15.1 Å². The van der Waals surface area contributed by atoms with Crippen LogP contribution in [-0.4, -0.2) is 40.6 Å². The predicted molar refractivity (Wildman–Crippen MR) is 63.2 cm³/mol. The number of anilines is 1. The van der Waals surface area contributed by atoms with Crippen molar-refractivity contribution < 1.29 is 9.21 Å². The first kappa shape index (κ1) is 13.4. The zero-order chi connectivity index (χ0) is 12.7. The first-order valence-electron chi connectivity index (χ1n) is 5.75. The number of nitrogens with one attached hydrogen (secondary N) is 1. The molecule has 0 saturated carbocycles. The fourth-order valence-corrected chi connectivity index (χ4v) is 1.42. The molecule has 0 fully saturated rings. The Bertz CT molecular complexity index is 348. The van der Waals surface area contributed by atoms with Crippen LogP contribution in [0.25, 0.3) is 0 Å². The average Bonchev–Trinajstić information content (AvgIpc) is 2.78. The minimum Gasteiger partial charge on any atom is -0.407 e. The fourth-order valence-electron chi connectivity index (χ4n) is 1.42. The maximum Gasteiger partial charge on any atom is 0.315 e. The lowest BCUT2D eigenvalue weighted by Crippen LogP contribution is -2.31. The zero-order valence-corrected chi connectivity index (χ0v) is 10.3. The summed E-state index contributed by atoms with van der Waals surface area (Å²) in [5.74, 6) is 0.489. The second-order valence-corrected chi connectivity index (χ2v) is 3.45. The maximum atomic E-state index is 11.7. The summed E-state index contributed by atoms with van der Waals surface area (Å²) in [4.78, 5) is 13.4. The SMILES string of the molecule is CCN(CC)C(=O)CCNc1nnc(CN)o1. The number of carbonyl (C=O) groups is 1. The maximum absolute atomic E-state index is 11.7. The van der Waals surface area contributed by atoms with Crippen molar-refractivity contribution in [3.63, 3.8) is 0 Å². The van der Waals surface area contributed by atoms with Gasteiger partial charge in [-0.25, -0.2) is 0 Å². The molecule has 1 amide bonds. The quantitative estimate of drug-likeness (QED) is 0.707. The Labute approximate surface area is 100 Å². The number of nitrogens with zero attached hydrogens (tertiary/aromatic N) is 3. The highest BCUT2D eigenvalue weighted by Crippen LogP contribution is 2.04. The van der Waals surface area contributed by atoms with E-state index in [9.17, 15) is 4.79 Å². The van der Waals surface area contributed by atoms with Crippen molar-refractivity contribution in [2.45, 2.75) is 26.8 Å². The van der Waals surface area contributed by atoms with Crippen LogP contribution >= 0.6 is 0 Å². The molecule has 0 atom stereocenters. The van der Waals surface area contributed by atoms with Crippen LogP contribution in [0.3, 0.4) is 0 Å². The zero-order valence-electron chi connectivity index (χ0n) is 10.3. The van der Waals surface area contributed by atoms with Crippen LogP contribution in [0, 0.1) is 0 Å². The third-order valence-corrected chi connectivity index (χ3v) is 2.37. The summed E-state index contributed by atoms with van der Waals surface area (Å²) in [5.41, 5.74) is 5.33. The van der Waals surface area contributed by atoms with Gasteiger partial charge in [0, 0.05) is 26.1 Å². The minimum atomic E-state index is 0.112. The first-order chi connectivity index (χ1) is 8.21. The van der Waals surface area contributed by atoms with Gasteiger partial charge in [-0.05, 0) is 13.8 Å². The molecule has 17 heavy (non-hydrogen) atoms. The van der Waals surface area contributed by atoms with E-state index >= 15 is 0 Å². The molecule has 0 aliphatic heterocycles. The molecule has 0 spiro atoms. The Morgan fingerprint density at radius 3 is 2.65 bits per heavy atom. The van der Waals surface area contributed by atoms with Crippen LogP contribution < -0.4 is 11.1 Å². The molecule has 0 aliphatic rings. The Kier molecular flexibility index (Phi) is 5.41. The van der Waals surface area contributed by atoms with Gasteiger partial charge in [-0.2, -0.15) is 0 Å². The largest absolute Gasteiger partial charge is 0.407 e. The molecule has 1 rings (SSSR count). The molecule has 1 heterocycles. The molecule has 1 aromatic heterocycles. The molecule has 0 aliphatic carbocycles. The summed E-state index contributed by atoms with van der Waals surface area (Å²) in [5, 5.41) is 10.3. The number of nitrogens with two attached hydrogens (primary N) is 1. The lowest BCUT2D eigenvalue weighted by molar-refractivity contribution is -0.130. The van der Waals surface area contributed by atoms with E-state index in [-0.39, 0.29) is 12.5 Å². The van der Waals surface area contributed by atoms with Crippen molar-refractivity contribution in [3.05, 3.63) is 5.89 Å². The van der Waals surface area contributed by atoms with Crippen molar-refractivity contribution in [2.24, 2.45) is 5.73 Å². The highest BCUT2D eigenvalue weighted by atomic mass is 16.4. The number of hydrogen-bond acceptors (Lipinski definition) is 6. The molecule has 7 heteroatoms. The van der Waals surface area contributed by atoms with Gasteiger partial charge in [0.2, 0.25) is 11.8 Å². The number of aromatic nitrogens is 2. The van der Waals surface area contributed by atoms with Gasteiger partial charge in [0.15, 0.2) is 0 Å². The van der Waals surface area contributed by atoms with E-state index in [0.29, 0.717) is 24.9 Å². The van der Waals surface area contributed by atoms with Crippen LogP contribution in [0.5, 0.6) is 0 Å². The van der Waals surface area contributed by atoms with Crippen LogP contribution in [0.4, 0.5) is 6.01 Å². The van der Waals surface area contributed by atoms with Gasteiger partial charge < -0.3 is 20.4 Å². The summed E-state index contributed by atoms with van der Waals surface area (Å²) >= 11 is 0. The van der Waals surface area contributed by atoms with Gasteiger partial charge in [0.05, 0.1) is 6.54 Å². The Morgan fingerprint density at radius 2 is 2.12 bits per heavy atom.